The van der Waals surface area contributed by atoms with Gasteiger partial charge in [-0.15, -0.1) is 0 Å². The molecule has 0 unspecified atom stereocenters. The number of amides is 1. The summed E-state index contributed by atoms with van der Waals surface area (Å²) in [5, 5.41) is 0. The first-order chi connectivity index (χ1) is 27.6. The minimum Gasteiger partial charge on any atom is -0.496 e. The second-order valence-electron chi connectivity index (χ2n) is 16.0. The van der Waals surface area contributed by atoms with Crippen molar-refractivity contribution in [3.05, 3.63) is 125 Å². The number of primary amides is 1. The number of piperidine rings is 1. The van der Waals surface area contributed by atoms with E-state index in [4.69, 9.17) is 15.2 Å². The fourth-order valence-electron chi connectivity index (χ4n) is 9.31. The molecule has 9 nitrogen and oxygen atoms in total. The van der Waals surface area contributed by atoms with E-state index in [2.05, 4.69) is 39.0 Å². The monoisotopic (exact) mass is 794 g/mol. The van der Waals surface area contributed by atoms with Gasteiger partial charge in [-0.3, -0.25) is 14.6 Å². The molecular formula is C47H62N4O5S. The van der Waals surface area contributed by atoms with Crippen molar-refractivity contribution in [2.75, 3.05) is 59.7 Å². The van der Waals surface area contributed by atoms with Gasteiger partial charge in [0.1, 0.15) is 16.9 Å². The molecule has 1 amide bonds. The van der Waals surface area contributed by atoms with Crippen molar-refractivity contribution >= 4 is 15.7 Å². The molecule has 2 N–H and O–H groups in total. The van der Waals surface area contributed by atoms with Gasteiger partial charge in [0, 0.05) is 31.9 Å². The van der Waals surface area contributed by atoms with E-state index in [1.165, 1.54) is 25.5 Å². The van der Waals surface area contributed by atoms with E-state index in [-0.39, 0.29) is 11.8 Å². The zero-order chi connectivity index (χ0) is 40.3. The van der Waals surface area contributed by atoms with E-state index in [1.54, 1.807) is 26.4 Å². The number of sulfone groups is 1. The van der Waals surface area contributed by atoms with Crippen LogP contribution in [0.3, 0.4) is 0 Å². The molecule has 4 aromatic rings. The van der Waals surface area contributed by atoms with E-state index >= 15 is 0 Å². The first kappa shape index (κ1) is 42.4. The Bertz CT molecular complexity index is 1910. The van der Waals surface area contributed by atoms with Crippen LogP contribution in [-0.4, -0.2) is 94.8 Å². The van der Waals surface area contributed by atoms with E-state index in [1.807, 2.05) is 66.7 Å². The molecule has 306 valence electrons. The van der Waals surface area contributed by atoms with Crippen molar-refractivity contribution in [1.82, 2.24) is 14.7 Å². The molecule has 57 heavy (non-hydrogen) atoms. The Hall–Kier alpha value is -4.22. The van der Waals surface area contributed by atoms with Crippen molar-refractivity contribution in [1.29, 1.82) is 0 Å². The third-order valence-corrected chi connectivity index (χ3v) is 13.5. The zero-order valence-electron chi connectivity index (χ0n) is 34.2. The van der Waals surface area contributed by atoms with Crippen molar-refractivity contribution in [2.24, 2.45) is 11.7 Å². The Morgan fingerprint density at radius 3 is 1.86 bits per heavy atom. The first-order valence-corrected chi connectivity index (χ1v) is 22.6. The Morgan fingerprint density at radius 1 is 0.737 bits per heavy atom. The van der Waals surface area contributed by atoms with Crippen LogP contribution in [0, 0.1) is 5.92 Å². The lowest BCUT2D eigenvalue weighted by Crippen LogP contribution is -2.49. The van der Waals surface area contributed by atoms with E-state index < -0.39 is 15.3 Å². The fourth-order valence-corrected chi connectivity index (χ4v) is 9.94. The van der Waals surface area contributed by atoms with Crippen LogP contribution < -0.4 is 15.2 Å². The van der Waals surface area contributed by atoms with Gasteiger partial charge in [-0.1, -0.05) is 98.1 Å². The molecule has 0 saturated carbocycles. The van der Waals surface area contributed by atoms with Gasteiger partial charge in [-0.2, -0.15) is 0 Å². The van der Waals surface area contributed by atoms with Crippen molar-refractivity contribution in [2.45, 2.75) is 80.8 Å². The van der Waals surface area contributed by atoms with Crippen molar-refractivity contribution in [3.63, 3.8) is 0 Å². The quantitative estimate of drug-likeness (QED) is 0.0930. The molecule has 2 saturated heterocycles. The highest BCUT2D eigenvalue weighted by molar-refractivity contribution is 7.90. The fraction of sp³-hybridized carbons (Fsp3) is 0.468. The van der Waals surface area contributed by atoms with Crippen LogP contribution in [0.5, 0.6) is 11.5 Å². The summed E-state index contributed by atoms with van der Waals surface area (Å²) in [5.74, 6) is 1.56. The highest BCUT2D eigenvalue weighted by atomic mass is 32.2. The molecule has 0 radical (unpaired) electrons. The van der Waals surface area contributed by atoms with Crippen LogP contribution in [-0.2, 0) is 33.1 Å². The lowest BCUT2D eigenvalue weighted by atomic mass is 9.64. The maximum absolute atomic E-state index is 13.5. The smallest absolute Gasteiger partial charge is 0.232 e. The molecule has 2 aliphatic rings. The van der Waals surface area contributed by atoms with E-state index in [0.29, 0.717) is 10.9 Å². The number of rotatable bonds is 20. The van der Waals surface area contributed by atoms with Gasteiger partial charge < -0.3 is 20.1 Å². The largest absolute Gasteiger partial charge is 0.496 e. The number of carbonyl (C=O) groups is 1. The molecule has 1 atom stereocenters. The van der Waals surface area contributed by atoms with Crippen molar-refractivity contribution < 1.29 is 22.7 Å². The van der Waals surface area contributed by atoms with Crippen LogP contribution in [0.25, 0.3) is 0 Å². The van der Waals surface area contributed by atoms with Crippen LogP contribution in [0.15, 0.2) is 108 Å². The predicted octanol–water partition coefficient (Wildman–Crippen LogP) is 7.32. The summed E-state index contributed by atoms with van der Waals surface area (Å²) in [4.78, 5) is 21.5. The van der Waals surface area contributed by atoms with Gasteiger partial charge in [-0.05, 0) is 112 Å². The van der Waals surface area contributed by atoms with Gasteiger partial charge in [-0.25, -0.2) is 8.42 Å². The summed E-state index contributed by atoms with van der Waals surface area (Å²) in [6.45, 7) is 7.46. The molecule has 0 aromatic heterocycles. The normalized spacial score (nSPS) is 17.2. The Labute approximate surface area is 341 Å². The van der Waals surface area contributed by atoms with Gasteiger partial charge in [0.05, 0.1) is 24.7 Å². The third kappa shape index (κ3) is 10.5. The standard InChI is InChI=1S/C47H62N4O5S/c1-55-44-20-15-21-45(56-2)43(44)36-50-32-27-41(28-33-50)51(34-37-22-24-42(25-23-37)57(3,53)54)30-14-6-4-5-13-29-49-31-26-40(35-49)47(46(48)52,38-16-9-7-10-17-38)39-18-11-8-12-19-39/h7-12,15-25,40-41H,4-6,13-14,26-36H2,1-3H3,(H2,48,52)/t40-/m1/s1. The summed E-state index contributed by atoms with van der Waals surface area (Å²) < 4.78 is 35.6. The number of likely N-dealkylation sites (tertiary alicyclic amines) is 2. The Morgan fingerprint density at radius 2 is 1.30 bits per heavy atom. The minimum absolute atomic E-state index is 0.115. The van der Waals surface area contributed by atoms with Crippen LogP contribution in [0.2, 0.25) is 0 Å². The van der Waals surface area contributed by atoms with Crippen LogP contribution in [0.4, 0.5) is 0 Å². The molecule has 0 aliphatic carbocycles. The van der Waals surface area contributed by atoms with E-state index in [9.17, 15) is 13.2 Å². The number of benzene rings is 4. The number of carbonyl (C=O) groups excluding carboxylic acids is 1. The first-order valence-electron chi connectivity index (χ1n) is 20.7. The van der Waals surface area contributed by atoms with Crippen LogP contribution in [0.1, 0.15) is 73.6 Å². The highest BCUT2D eigenvalue weighted by Crippen LogP contribution is 2.43. The lowest BCUT2D eigenvalue weighted by Gasteiger charge is -2.39. The number of methoxy groups -OCH3 is 2. The third-order valence-electron chi connectivity index (χ3n) is 12.4. The molecule has 4 aromatic carbocycles. The molecule has 0 bridgehead atoms. The molecule has 10 heteroatoms. The second-order valence-corrected chi connectivity index (χ2v) is 18.0. The number of ether oxygens (including phenoxy) is 2. The van der Waals surface area contributed by atoms with Crippen molar-refractivity contribution in [3.8, 4) is 11.5 Å². The average molecular weight is 795 g/mol. The Balaban J connectivity index is 1.00. The Kier molecular flexibility index (Phi) is 14.8. The van der Waals surface area contributed by atoms with Gasteiger partial charge in [0.25, 0.3) is 0 Å². The molecule has 6 rings (SSSR count). The highest BCUT2D eigenvalue weighted by Gasteiger charge is 2.49. The molecule has 2 heterocycles. The number of nitrogens with zero attached hydrogens (tertiary/aromatic N) is 3. The molecule has 0 spiro atoms. The average Bonchev–Trinajstić information content (AvgIpc) is 3.70. The van der Waals surface area contributed by atoms with Gasteiger partial charge in [0.15, 0.2) is 9.84 Å². The maximum atomic E-state index is 13.5. The number of hydrogen-bond acceptors (Lipinski definition) is 8. The summed E-state index contributed by atoms with van der Waals surface area (Å²) >= 11 is 0. The zero-order valence-corrected chi connectivity index (χ0v) is 35.0. The minimum atomic E-state index is -3.24. The SMILES string of the molecule is COc1cccc(OC)c1CN1CCC(N(CCCCCCCN2CC[C@@H](C(C(N)=O)(c3ccccc3)c3ccccc3)C2)Cc2ccc(S(C)(=O)=O)cc2)CC1. The molecular weight excluding hydrogens is 733 g/mol. The lowest BCUT2D eigenvalue weighted by molar-refractivity contribution is -0.123. The molecule has 2 fully saturated rings. The molecule has 2 aliphatic heterocycles. The van der Waals surface area contributed by atoms with Gasteiger partial charge in [0.2, 0.25) is 5.91 Å². The number of hydrogen-bond donors (Lipinski definition) is 1. The summed E-state index contributed by atoms with van der Waals surface area (Å²) in [6, 6.07) is 34.1. The summed E-state index contributed by atoms with van der Waals surface area (Å²) in [7, 11) is 0.187. The van der Waals surface area contributed by atoms with E-state index in [0.717, 1.165) is 118 Å². The maximum Gasteiger partial charge on any atom is 0.232 e. The number of unbranched alkanes of at least 4 members (excludes halogenated alkanes) is 4. The summed E-state index contributed by atoms with van der Waals surface area (Å²) in [6.07, 6.45) is 10.1. The number of nitrogens with two attached hydrogens (primary N) is 1. The van der Waals surface area contributed by atoms with Gasteiger partial charge >= 0.3 is 0 Å². The second kappa shape index (κ2) is 20.0. The van der Waals surface area contributed by atoms with Crippen LogP contribution >= 0.6 is 0 Å². The predicted molar refractivity (Wildman–Crippen MR) is 228 cm³/mol. The topological polar surface area (TPSA) is 105 Å². The summed E-state index contributed by atoms with van der Waals surface area (Å²) in [5.41, 5.74) is 9.67.